The number of amides is 2. The van der Waals surface area contributed by atoms with Gasteiger partial charge in [0.05, 0.1) is 0 Å². The van der Waals surface area contributed by atoms with E-state index in [4.69, 9.17) is 4.74 Å². The number of hydrogen-bond donors (Lipinski definition) is 1. The summed E-state index contributed by atoms with van der Waals surface area (Å²) in [4.78, 5) is 26.2. The standard InChI is InChI=1S/C19H25F3N2O3/c1-6-24-10(2)11(15-12(20)7-8-13(21)16(15)22)9-14(17(24)25)23-18(26)27-19(3,4)5/h7-8,10-11,14H,6,9H2,1-5H3,(H,23,26)/t10-,11-,14?/m1/s1. The molecule has 2 amide bonds. The molecule has 27 heavy (non-hydrogen) atoms. The molecule has 150 valence electrons. The molecule has 0 radical (unpaired) electrons. The van der Waals surface area contributed by atoms with Crippen LogP contribution >= 0.6 is 0 Å². The van der Waals surface area contributed by atoms with Crippen LogP contribution in [-0.4, -0.2) is 41.1 Å². The lowest BCUT2D eigenvalue weighted by atomic mass is 9.81. The van der Waals surface area contributed by atoms with Crippen LogP contribution < -0.4 is 5.32 Å². The van der Waals surface area contributed by atoms with Crippen molar-refractivity contribution >= 4 is 12.0 Å². The highest BCUT2D eigenvalue weighted by Gasteiger charge is 2.42. The minimum absolute atomic E-state index is 0.0625. The van der Waals surface area contributed by atoms with E-state index in [2.05, 4.69) is 5.32 Å². The Morgan fingerprint density at radius 1 is 1.26 bits per heavy atom. The number of nitrogens with one attached hydrogen (secondary N) is 1. The number of rotatable bonds is 3. The number of alkyl carbamates (subject to hydrolysis) is 1. The van der Waals surface area contributed by atoms with Crippen molar-refractivity contribution in [2.75, 3.05) is 6.54 Å². The van der Waals surface area contributed by atoms with Crippen molar-refractivity contribution in [3.63, 3.8) is 0 Å². The van der Waals surface area contributed by atoms with Crippen LogP contribution in [0.3, 0.4) is 0 Å². The second-order valence-corrected chi connectivity index (χ2v) is 7.66. The molecule has 1 N–H and O–H groups in total. The van der Waals surface area contributed by atoms with Crippen molar-refractivity contribution in [3.05, 3.63) is 35.1 Å². The summed E-state index contributed by atoms with van der Waals surface area (Å²) in [5.41, 5.74) is -1.18. The number of likely N-dealkylation sites (N-methyl/N-ethyl adjacent to an activating group) is 1. The number of nitrogens with zero attached hydrogens (tertiary/aromatic N) is 1. The van der Waals surface area contributed by atoms with Gasteiger partial charge in [0.2, 0.25) is 5.91 Å². The molecule has 1 aliphatic heterocycles. The Bertz CT molecular complexity index is 734. The highest BCUT2D eigenvalue weighted by Crippen LogP contribution is 2.36. The van der Waals surface area contributed by atoms with Gasteiger partial charge < -0.3 is 15.0 Å². The first-order valence-electron chi connectivity index (χ1n) is 8.89. The molecule has 0 aromatic heterocycles. The number of carbonyl (C=O) groups excluding carboxylic acids is 2. The Morgan fingerprint density at radius 3 is 2.41 bits per heavy atom. The van der Waals surface area contributed by atoms with Gasteiger partial charge in [-0.05, 0) is 53.2 Å². The number of piperidine rings is 1. The molecular weight excluding hydrogens is 361 g/mol. The lowest BCUT2D eigenvalue weighted by Crippen LogP contribution is -2.58. The van der Waals surface area contributed by atoms with Gasteiger partial charge in [0.15, 0.2) is 11.6 Å². The second-order valence-electron chi connectivity index (χ2n) is 7.66. The van der Waals surface area contributed by atoms with Gasteiger partial charge in [0.1, 0.15) is 17.5 Å². The van der Waals surface area contributed by atoms with Crippen LogP contribution in [0.5, 0.6) is 0 Å². The fourth-order valence-electron chi connectivity index (χ4n) is 3.43. The average Bonchev–Trinajstić information content (AvgIpc) is 2.54. The van der Waals surface area contributed by atoms with Gasteiger partial charge in [-0.1, -0.05) is 0 Å². The molecule has 3 atom stereocenters. The number of hydrogen-bond acceptors (Lipinski definition) is 3. The minimum atomic E-state index is -1.27. The topological polar surface area (TPSA) is 58.6 Å². The normalized spacial score (nSPS) is 23.3. The molecular formula is C19H25F3N2O3. The molecule has 5 nitrogen and oxygen atoms in total. The Hall–Kier alpha value is -2.25. The summed E-state index contributed by atoms with van der Waals surface area (Å²) in [6, 6.07) is -0.00215. The predicted molar refractivity (Wildman–Crippen MR) is 93.7 cm³/mol. The summed E-state index contributed by atoms with van der Waals surface area (Å²) in [7, 11) is 0. The number of halogens is 3. The van der Waals surface area contributed by atoms with Crippen LogP contribution in [0, 0.1) is 17.5 Å². The summed E-state index contributed by atoms with van der Waals surface area (Å²) in [5.74, 6) is -4.50. The number of likely N-dealkylation sites (tertiary alicyclic amines) is 1. The molecule has 0 saturated carbocycles. The molecule has 0 spiro atoms. The molecule has 1 heterocycles. The quantitative estimate of drug-likeness (QED) is 0.806. The van der Waals surface area contributed by atoms with E-state index < -0.39 is 52.7 Å². The minimum Gasteiger partial charge on any atom is -0.444 e. The van der Waals surface area contributed by atoms with Crippen LogP contribution in [-0.2, 0) is 9.53 Å². The van der Waals surface area contributed by atoms with Gasteiger partial charge in [0.25, 0.3) is 0 Å². The van der Waals surface area contributed by atoms with Gasteiger partial charge in [-0.15, -0.1) is 0 Å². The van der Waals surface area contributed by atoms with E-state index in [1.807, 2.05) is 0 Å². The zero-order valence-corrected chi connectivity index (χ0v) is 16.1. The van der Waals surface area contributed by atoms with E-state index in [0.717, 1.165) is 12.1 Å². The maximum Gasteiger partial charge on any atom is 0.408 e. The summed E-state index contributed by atoms with van der Waals surface area (Å²) < 4.78 is 47.5. The smallest absolute Gasteiger partial charge is 0.408 e. The monoisotopic (exact) mass is 386 g/mol. The molecule has 1 aromatic rings. The van der Waals surface area contributed by atoms with Gasteiger partial charge in [0, 0.05) is 24.1 Å². The molecule has 0 bridgehead atoms. The van der Waals surface area contributed by atoms with Gasteiger partial charge in [-0.2, -0.15) is 0 Å². The van der Waals surface area contributed by atoms with Crippen molar-refractivity contribution in [3.8, 4) is 0 Å². The second kappa shape index (κ2) is 7.78. The Morgan fingerprint density at radius 2 is 1.85 bits per heavy atom. The van der Waals surface area contributed by atoms with Crippen LogP contribution in [0.2, 0.25) is 0 Å². The van der Waals surface area contributed by atoms with E-state index in [1.165, 1.54) is 4.90 Å². The third-order valence-electron chi connectivity index (χ3n) is 4.63. The Balaban J connectivity index is 2.35. The van der Waals surface area contributed by atoms with Crippen LogP contribution in [0.4, 0.5) is 18.0 Å². The first-order valence-corrected chi connectivity index (χ1v) is 8.89. The summed E-state index contributed by atoms with van der Waals surface area (Å²) >= 11 is 0. The zero-order chi connectivity index (χ0) is 20.5. The Labute approximate surface area is 156 Å². The first kappa shape index (κ1) is 21.1. The summed E-state index contributed by atoms with van der Waals surface area (Å²) in [6.07, 6.45) is -0.863. The number of benzene rings is 1. The lowest BCUT2D eigenvalue weighted by molar-refractivity contribution is -0.139. The SMILES string of the molecule is CCN1C(=O)C(NC(=O)OC(C)(C)C)C[C@@H](c2c(F)ccc(F)c2F)[C@H]1C. The highest BCUT2D eigenvalue weighted by molar-refractivity contribution is 5.87. The molecule has 1 unspecified atom stereocenters. The largest absolute Gasteiger partial charge is 0.444 e. The van der Waals surface area contributed by atoms with Gasteiger partial charge in [-0.25, -0.2) is 18.0 Å². The highest BCUT2D eigenvalue weighted by atomic mass is 19.2. The molecule has 2 rings (SSSR count). The van der Waals surface area contributed by atoms with Crippen LogP contribution in [0.1, 0.15) is 52.5 Å². The molecule has 0 aliphatic carbocycles. The maximum atomic E-state index is 14.3. The van der Waals surface area contributed by atoms with E-state index >= 15 is 0 Å². The van der Waals surface area contributed by atoms with Crippen LogP contribution in [0.25, 0.3) is 0 Å². The summed E-state index contributed by atoms with van der Waals surface area (Å²) in [6.45, 7) is 8.68. The van der Waals surface area contributed by atoms with Gasteiger partial charge in [-0.3, -0.25) is 4.79 Å². The van der Waals surface area contributed by atoms with Crippen molar-refractivity contribution in [2.45, 2.75) is 64.6 Å². The van der Waals surface area contributed by atoms with E-state index in [-0.39, 0.29) is 18.9 Å². The number of ether oxygens (including phenoxy) is 1. The third kappa shape index (κ3) is 4.54. The number of carbonyl (C=O) groups is 2. The van der Waals surface area contributed by atoms with Gasteiger partial charge >= 0.3 is 6.09 Å². The van der Waals surface area contributed by atoms with E-state index in [9.17, 15) is 22.8 Å². The Kier molecular flexibility index (Phi) is 6.07. The fourth-order valence-corrected chi connectivity index (χ4v) is 3.43. The van der Waals surface area contributed by atoms with Crippen molar-refractivity contribution < 1.29 is 27.5 Å². The average molecular weight is 386 g/mol. The maximum absolute atomic E-state index is 14.3. The van der Waals surface area contributed by atoms with Crippen molar-refractivity contribution in [2.24, 2.45) is 0 Å². The zero-order valence-electron chi connectivity index (χ0n) is 16.1. The molecule has 1 aromatic carbocycles. The molecule has 1 aliphatic rings. The molecule has 8 heteroatoms. The van der Waals surface area contributed by atoms with Crippen molar-refractivity contribution in [1.82, 2.24) is 10.2 Å². The van der Waals surface area contributed by atoms with Crippen LogP contribution in [0.15, 0.2) is 12.1 Å². The predicted octanol–water partition coefficient (Wildman–Crippen LogP) is 3.72. The van der Waals surface area contributed by atoms with E-state index in [0.29, 0.717) is 0 Å². The van der Waals surface area contributed by atoms with Crippen molar-refractivity contribution in [1.29, 1.82) is 0 Å². The third-order valence-corrected chi connectivity index (χ3v) is 4.63. The summed E-state index contributed by atoms with van der Waals surface area (Å²) in [5, 5.41) is 2.47. The molecule has 1 saturated heterocycles. The first-order chi connectivity index (χ1) is 12.5. The van der Waals surface area contributed by atoms with E-state index in [1.54, 1.807) is 34.6 Å². The fraction of sp³-hybridized carbons (Fsp3) is 0.579. The molecule has 1 fully saturated rings. The lowest BCUT2D eigenvalue weighted by Gasteiger charge is -2.42.